The van der Waals surface area contributed by atoms with E-state index in [1.54, 1.807) is 26.4 Å². The first-order valence-electron chi connectivity index (χ1n) is 20.8. The molecule has 5 heterocycles. The first-order chi connectivity index (χ1) is 30.4. The minimum Gasteiger partial charge on any atom is -0.494 e. The summed E-state index contributed by atoms with van der Waals surface area (Å²) in [5.74, 6) is 1.62. The van der Waals surface area contributed by atoms with Crippen molar-refractivity contribution in [3.05, 3.63) is 106 Å². The number of carbonyl (C=O) groups is 2. The van der Waals surface area contributed by atoms with Crippen LogP contribution in [0.2, 0.25) is 0 Å². The Labute approximate surface area is 373 Å². The van der Waals surface area contributed by atoms with Crippen LogP contribution >= 0.6 is 34.3 Å². The molecule has 0 aliphatic carbocycles. The van der Waals surface area contributed by atoms with E-state index in [1.165, 1.54) is 41.1 Å². The van der Waals surface area contributed by atoms with E-state index in [0.29, 0.717) is 91.6 Å². The highest BCUT2D eigenvalue weighted by Crippen LogP contribution is 2.40. The number of carbonyl (C=O) groups excluding carboxylic acids is 2. The van der Waals surface area contributed by atoms with Gasteiger partial charge in [-0.05, 0) is 84.6 Å². The zero-order valence-electron chi connectivity index (χ0n) is 34.8. The van der Waals surface area contributed by atoms with Gasteiger partial charge >= 0.3 is 0 Å². The van der Waals surface area contributed by atoms with Crippen LogP contribution < -0.4 is 20.1 Å². The van der Waals surface area contributed by atoms with Crippen molar-refractivity contribution in [3.63, 3.8) is 0 Å². The number of methoxy groups -OCH3 is 2. The second-order valence-electron chi connectivity index (χ2n) is 15.2. The Hall–Kier alpha value is -4.71. The summed E-state index contributed by atoms with van der Waals surface area (Å²) in [5, 5.41) is 6.94. The predicted molar refractivity (Wildman–Crippen MR) is 244 cm³/mol. The maximum absolute atomic E-state index is 12.9. The van der Waals surface area contributed by atoms with Crippen LogP contribution in [0.4, 0.5) is 10.3 Å². The highest BCUT2D eigenvalue weighted by molar-refractivity contribution is 7.23. The molecular formula is C46H50ClN5O8S2. The van der Waals surface area contributed by atoms with Crippen LogP contribution in [0, 0.1) is 0 Å². The molecule has 2 amide bonds. The van der Waals surface area contributed by atoms with Crippen LogP contribution in [-0.4, -0.2) is 107 Å². The van der Waals surface area contributed by atoms with Crippen molar-refractivity contribution in [2.75, 3.05) is 90.8 Å². The number of hydrogen-bond donors (Lipinski definition) is 2. The van der Waals surface area contributed by atoms with E-state index < -0.39 is 0 Å². The number of ether oxygens (including phenoxy) is 6. The van der Waals surface area contributed by atoms with Gasteiger partial charge in [0.05, 0.1) is 76.5 Å². The van der Waals surface area contributed by atoms with Crippen molar-refractivity contribution < 1.29 is 38.0 Å². The molecule has 62 heavy (non-hydrogen) atoms. The molecule has 3 aliphatic heterocycles. The molecule has 326 valence electrons. The molecule has 3 saturated heterocycles. The second kappa shape index (κ2) is 21.1. The number of fused-ring (bicyclic) bond motifs is 2. The van der Waals surface area contributed by atoms with Gasteiger partial charge in [-0.2, -0.15) is 0 Å². The van der Waals surface area contributed by atoms with Gasteiger partial charge in [-0.1, -0.05) is 59.1 Å². The topological polar surface area (TPSA) is 143 Å². The Morgan fingerprint density at radius 2 is 1.06 bits per heavy atom. The summed E-state index contributed by atoms with van der Waals surface area (Å²) in [5.41, 5.74) is 7.05. The predicted octanol–water partition coefficient (Wildman–Crippen LogP) is 8.71. The Balaban J connectivity index is 0.000000172. The number of halogens is 1. The fourth-order valence-corrected chi connectivity index (χ4v) is 10.0. The van der Waals surface area contributed by atoms with Gasteiger partial charge in [-0.3, -0.25) is 25.1 Å². The van der Waals surface area contributed by atoms with Crippen LogP contribution in [-0.2, 0) is 31.4 Å². The maximum atomic E-state index is 12.9. The SMILES string of the molecule is COc1ccc(C2COCCOC2)c2sc(NC(=O)c3ccc(CCl)cc3)nc12.COc1ccc(C2COCCOC2)c2sc(NC(=O)c3ccc(CN4CCCC4)cc3)nc12. The van der Waals surface area contributed by atoms with Crippen molar-refractivity contribution >= 4 is 76.8 Å². The van der Waals surface area contributed by atoms with Gasteiger partial charge in [0, 0.05) is 35.4 Å². The number of alkyl halides is 1. The summed E-state index contributed by atoms with van der Waals surface area (Å²) >= 11 is 8.70. The van der Waals surface area contributed by atoms with Crippen molar-refractivity contribution in [2.24, 2.45) is 0 Å². The zero-order valence-corrected chi connectivity index (χ0v) is 37.2. The smallest absolute Gasteiger partial charge is 0.257 e. The Morgan fingerprint density at radius 1 is 0.645 bits per heavy atom. The molecule has 0 atom stereocenters. The van der Waals surface area contributed by atoms with Crippen LogP contribution in [0.3, 0.4) is 0 Å². The minimum absolute atomic E-state index is 0.109. The highest BCUT2D eigenvalue weighted by atomic mass is 35.5. The third-order valence-corrected chi connectivity index (χ3v) is 13.4. The van der Waals surface area contributed by atoms with Gasteiger partial charge in [0.25, 0.3) is 11.8 Å². The van der Waals surface area contributed by atoms with Crippen molar-refractivity contribution in [3.8, 4) is 11.5 Å². The van der Waals surface area contributed by atoms with Crippen LogP contribution in [0.5, 0.6) is 11.5 Å². The number of aromatic nitrogens is 2. The number of benzene rings is 4. The molecular weight excluding hydrogens is 850 g/mol. The molecule has 0 saturated carbocycles. The van der Waals surface area contributed by atoms with E-state index in [9.17, 15) is 9.59 Å². The number of likely N-dealkylation sites (tertiary alicyclic amines) is 1. The summed E-state index contributed by atoms with van der Waals surface area (Å²) in [4.78, 5) is 37.3. The van der Waals surface area contributed by atoms with Gasteiger partial charge in [-0.15, -0.1) is 11.6 Å². The lowest BCUT2D eigenvalue weighted by Gasteiger charge is -2.15. The summed E-state index contributed by atoms with van der Waals surface area (Å²) in [6.45, 7) is 8.06. The van der Waals surface area contributed by atoms with E-state index in [0.717, 1.165) is 56.8 Å². The van der Waals surface area contributed by atoms with Gasteiger partial charge in [0.15, 0.2) is 10.3 Å². The normalized spacial score (nSPS) is 16.6. The molecule has 2 N–H and O–H groups in total. The Kier molecular flexibility index (Phi) is 15.0. The monoisotopic (exact) mass is 899 g/mol. The van der Waals surface area contributed by atoms with Crippen LogP contribution in [0.15, 0.2) is 72.8 Å². The second-order valence-corrected chi connectivity index (χ2v) is 17.5. The van der Waals surface area contributed by atoms with E-state index in [1.807, 2.05) is 60.7 Å². The lowest BCUT2D eigenvalue weighted by atomic mass is 10.0. The lowest BCUT2D eigenvalue weighted by Crippen LogP contribution is -2.18. The molecule has 2 aromatic heterocycles. The number of nitrogens with one attached hydrogen (secondary N) is 2. The molecule has 0 radical (unpaired) electrons. The number of hydrogen-bond acceptors (Lipinski definition) is 13. The van der Waals surface area contributed by atoms with E-state index in [4.69, 9.17) is 40.0 Å². The van der Waals surface area contributed by atoms with Gasteiger partial charge in [0.2, 0.25) is 0 Å². The molecule has 3 fully saturated rings. The molecule has 4 aromatic carbocycles. The molecule has 0 unspecified atom stereocenters. The molecule has 3 aliphatic rings. The first kappa shape index (κ1) is 43.9. The molecule has 9 rings (SSSR count). The third-order valence-electron chi connectivity index (χ3n) is 11.0. The summed E-state index contributed by atoms with van der Waals surface area (Å²) < 4.78 is 35.7. The fourth-order valence-electron chi connectivity index (χ4n) is 7.72. The summed E-state index contributed by atoms with van der Waals surface area (Å²) in [7, 11) is 3.25. The number of thiazole rings is 2. The number of amides is 2. The average Bonchev–Trinajstić information content (AvgIpc) is 3.96. The quantitative estimate of drug-likeness (QED) is 0.121. The minimum atomic E-state index is -0.216. The number of rotatable bonds is 11. The molecule has 0 bridgehead atoms. The Morgan fingerprint density at radius 3 is 1.47 bits per heavy atom. The molecule has 0 spiro atoms. The van der Waals surface area contributed by atoms with Crippen LogP contribution in [0.25, 0.3) is 20.4 Å². The maximum Gasteiger partial charge on any atom is 0.257 e. The first-order valence-corrected chi connectivity index (χ1v) is 22.9. The average molecular weight is 901 g/mol. The number of anilines is 2. The number of nitrogens with zero attached hydrogens (tertiary/aromatic N) is 3. The molecule has 6 aromatic rings. The molecule has 16 heteroatoms. The lowest BCUT2D eigenvalue weighted by molar-refractivity contribution is 0.101. The standard InChI is InChI=1S/C25H29N3O4S.C21H21ClN2O4S/c1-30-21-9-8-20(19-15-31-12-13-32-16-19)23-22(21)26-25(33-23)27-24(29)18-6-4-17(5-7-18)14-28-10-2-3-11-28;1-26-17-7-6-16(15-11-27-8-9-28-12-15)19-18(17)23-21(29-19)24-20(25)14-4-2-13(10-22)3-5-14/h4-9,19H,2-3,10-16H2,1H3,(H,26,27,29);2-7,15H,8-12H2,1H3,(H,23,24,25). The van der Waals surface area contributed by atoms with E-state index in [-0.39, 0.29) is 23.7 Å². The summed E-state index contributed by atoms with van der Waals surface area (Å²) in [6.07, 6.45) is 2.55. The highest BCUT2D eigenvalue weighted by Gasteiger charge is 2.24. The van der Waals surface area contributed by atoms with Gasteiger partial charge in [0.1, 0.15) is 22.5 Å². The fraction of sp³-hybridized carbons (Fsp3) is 0.391. The zero-order chi connectivity index (χ0) is 42.8. The van der Waals surface area contributed by atoms with E-state index in [2.05, 4.69) is 25.5 Å². The summed E-state index contributed by atoms with van der Waals surface area (Å²) in [6, 6.07) is 23.0. The van der Waals surface area contributed by atoms with Crippen molar-refractivity contribution in [1.29, 1.82) is 0 Å². The largest absolute Gasteiger partial charge is 0.494 e. The van der Waals surface area contributed by atoms with Crippen molar-refractivity contribution in [1.82, 2.24) is 14.9 Å². The molecule has 13 nitrogen and oxygen atoms in total. The van der Waals surface area contributed by atoms with Crippen LogP contribution in [0.1, 0.15) is 67.6 Å². The van der Waals surface area contributed by atoms with Gasteiger partial charge in [-0.25, -0.2) is 9.97 Å². The van der Waals surface area contributed by atoms with E-state index >= 15 is 0 Å². The van der Waals surface area contributed by atoms with Crippen molar-refractivity contribution in [2.45, 2.75) is 37.1 Å². The van der Waals surface area contributed by atoms with Gasteiger partial charge < -0.3 is 28.4 Å². The third kappa shape index (κ3) is 10.5. The Bertz CT molecular complexity index is 2440.